The van der Waals surface area contributed by atoms with E-state index in [9.17, 15) is 22.8 Å². The van der Waals surface area contributed by atoms with E-state index in [1.54, 1.807) is 0 Å². The fraction of sp³-hybridized carbons (Fsp3) is 0.250. The number of nitrogens with zero attached hydrogens (tertiary/aromatic N) is 2. The largest absolute Gasteiger partial charge is 0.466 e. The molecule has 0 atom stereocenters. The van der Waals surface area contributed by atoms with Crippen LogP contribution in [0.5, 0.6) is 11.6 Å². The second-order valence-corrected chi connectivity index (χ2v) is 6.70. The second-order valence-electron chi connectivity index (χ2n) is 6.29. The molecular weight excluding hydrogens is 457 g/mol. The van der Waals surface area contributed by atoms with Crippen LogP contribution in [0.4, 0.5) is 18.9 Å². The van der Waals surface area contributed by atoms with Crippen molar-refractivity contribution >= 4 is 29.2 Å². The molecule has 0 saturated carbocycles. The Hall–Kier alpha value is -3.31. The zero-order valence-corrected chi connectivity index (χ0v) is 17.5. The summed E-state index contributed by atoms with van der Waals surface area (Å²) >= 11 is 6.25. The molecule has 0 N–H and O–H groups in total. The van der Waals surface area contributed by atoms with E-state index in [1.807, 2.05) is 0 Å². The van der Waals surface area contributed by atoms with Gasteiger partial charge in [-0.2, -0.15) is 13.2 Å². The van der Waals surface area contributed by atoms with E-state index in [0.29, 0.717) is 5.69 Å². The number of carbonyl (C=O) groups excluding carboxylic acids is 2. The number of aromatic nitrogens is 1. The zero-order chi connectivity index (χ0) is 23.5. The van der Waals surface area contributed by atoms with Crippen molar-refractivity contribution in [2.45, 2.75) is 6.18 Å². The van der Waals surface area contributed by atoms with Gasteiger partial charge in [-0.3, -0.25) is 0 Å². The van der Waals surface area contributed by atoms with E-state index < -0.39 is 23.8 Å². The average Bonchev–Trinajstić information content (AvgIpc) is 2.78. The van der Waals surface area contributed by atoms with Crippen molar-refractivity contribution in [1.29, 1.82) is 0 Å². The number of rotatable bonds is 5. The number of hydrogen-bond donors (Lipinski definition) is 0. The minimum Gasteiger partial charge on any atom is -0.466 e. The Morgan fingerprint density at radius 3 is 2.47 bits per heavy atom. The molecule has 0 fully saturated rings. The maximum absolute atomic E-state index is 12.9. The van der Waals surface area contributed by atoms with Crippen molar-refractivity contribution < 1.29 is 41.7 Å². The summed E-state index contributed by atoms with van der Waals surface area (Å²) < 4.78 is 58.8. The van der Waals surface area contributed by atoms with Gasteiger partial charge >= 0.3 is 18.1 Å². The molecule has 1 aromatic carbocycles. The molecule has 32 heavy (non-hydrogen) atoms. The summed E-state index contributed by atoms with van der Waals surface area (Å²) in [5.74, 6) is -1.84. The predicted octanol–water partition coefficient (Wildman–Crippen LogP) is 3.94. The van der Waals surface area contributed by atoms with Crippen LogP contribution in [0.25, 0.3) is 0 Å². The first kappa shape index (κ1) is 23.4. The zero-order valence-electron chi connectivity index (χ0n) is 16.7. The predicted molar refractivity (Wildman–Crippen MR) is 105 cm³/mol. The Morgan fingerprint density at radius 1 is 1.12 bits per heavy atom. The summed E-state index contributed by atoms with van der Waals surface area (Å²) in [6.45, 7) is -0.263. The van der Waals surface area contributed by atoms with E-state index in [1.165, 1.54) is 29.2 Å². The molecule has 0 spiro atoms. The molecule has 0 aliphatic carbocycles. The monoisotopic (exact) mass is 472 g/mol. The van der Waals surface area contributed by atoms with Crippen LogP contribution in [0.3, 0.4) is 0 Å². The summed E-state index contributed by atoms with van der Waals surface area (Å²) in [6.07, 6.45) is -4.63. The average molecular weight is 473 g/mol. The molecule has 2 heterocycles. The quantitative estimate of drug-likeness (QED) is 0.605. The van der Waals surface area contributed by atoms with Crippen LogP contribution < -0.4 is 9.64 Å². The van der Waals surface area contributed by atoms with Gasteiger partial charge in [-0.05, 0) is 24.3 Å². The highest BCUT2D eigenvalue weighted by molar-refractivity contribution is 6.32. The molecule has 0 saturated heterocycles. The lowest BCUT2D eigenvalue weighted by Gasteiger charge is -2.31. The van der Waals surface area contributed by atoms with E-state index in [2.05, 4.69) is 4.98 Å². The smallest absolute Gasteiger partial charge is 0.433 e. The van der Waals surface area contributed by atoms with Crippen molar-refractivity contribution in [3.05, 3.63) is 58.4 Å². The number of hydrogen-bond acceptors (Lipinski definition) is 8. The van der Waals surface area contributed by atoms with Gasteiger partial charge in [0.05, 0.1) is 31.4 Å². The third kappa shape index (κ3) is 4.94. The number of halogens is 4. The molecule has 3 rings (SSSR count). The van der Waals surface area contributed by atoms with E-state index in [4.69, 9.17) is 30.5 Å². The topological polar surface area (TPSA) is 87.2 Å². The summed E-state index contributed by atoms with van der Waals surface area (Å²) in [4.78, 5) is 29.2. The molecule has 0 radical (unpaired) electrons. The van der Waals surface area contributed by atoms with Crippen molar-refractivity contribution in [2.75, 3.05) is 32.5 Å². The highest BCUT2D eigenvalue weighted by Crippen LogP contribution is 2.36. The molecule has 0 amide bonds. The van der Waals surface area contributed by atoms with Gasteiger partial charge in [0.1, 0.15) is 23.9 Å². The second kappa shape index (κ2) is 9.45. The SMILES string of the molecule is COC(=O)C1=C(C(=O)OC)N(c2ccc(Oc3cccc(C(F)(F)F)n3)c(Cl)c2)COC1. The molecule has 8 nitrogen and oxygen atoms in total. The highest BCUT2D eigenvalue weighted by atomic mass is 35.5. The molecular formula is C20H16ClF3N2O6. The number of pyridine rings is 1. The van der Waals surface area contributed by atoms with Crippen molar-refractivity contribution in [3.63, 3.8) is 0 Å². The number of anilines is 1. The molecule has 12 heteroatoms. The standard InChI is InChI=1S/C20H16ClF3N2O6/c1-29-18(27)12-9-31-10-26(17(12)19(28)30-2)11-6-7-14(13(21)8-11)32-16-5-3-4-15(25-16)20(22,23)24/h3-8H,9-10H2,1-2H3. The van der Waals surface area contributed by atoms with Crippen LogP contribution in [0.15, 0.2) is 47.7 Å². The maximum Gasteiger partial charge on any atom is 0.433 e. The van der Waals surface area contributed by atoms with Gasteiger partial charge < -0.3 is 23.8 Å². The Labute approximate surface area is 185 Å². The van der Waals surface area contributed by atoms with E-state index in [-0.39, 0.29) is 41.3 Å². The van der Waals surface area contributed by atoms with Gasteiger partial charge in [-0.25, -0.2) is 14.6 Å². The van der Waals surface area contributed by atoms with Crippen LogP contribution in [0.2, 0.25) is 5.02 Å². The number of ether oxygens (including phenoxy) is 4. The molecule has 170 valence electrons. The van der Waals surface area contributed by atoms with Gasteiger partial charge in [-0.1, -0.05) is 17.7 Å². The lowest BCUT2D eigenvalue weighted by atomic mass is 10.1. The first-order valence-corrected chi connectivity index (χ1v) is 9.30. The lowest BCUT2D eigenvalue weighted by Crippen LogP contribution is -2.38. The number of esters is 2. The van der Waals surface area contributed by atoms with Crippen molar-refractivity contribution in [3.8, 4) is 11.6 Å². The number of methoxy groups -OCH3 is 2. The molecule has 1 aliphatic rings. The number of alkyl halides is 3. The molecule has 1 aromatic heterocycles. The number of benzene rings is 1. The highest BCUT2D eigenvalue weighted by Gasteiger charge is 2.34. The van der Waals surface area contributed by atoms with Crippen molar-refractivity contribution in [2.24, 2.45) is 0 Å². The van der Waals surface area contributed by atoms with Crippen LogP contribution in [-0.2, 0) is 30.0 Å². The maximum atomic E-state index is 12.9. The van der Waals surface area contributed by atoms with Gasteiger partial charge in [-0.15, -0.1) is 0 Å². The molecule has 2 aromatic rings. The van der Waals surface area contributed by atoms with Crippen LogP contribution in [0, 0.1) is 0 Å². The van der Waals surface area contributed by atoms with Gasteiger partial charge in [0.2, 0.25) is 5.88 Å². The van der Waals surface area contributed by atoms with Crippen LogP contribution in [0.1, 0.15) is 5.69 Å². The fourth-order valence-corrected chi connectivity index (χ4v) is 3.04. The normalized spacial score (nSPS) is 14.2. The lowest BCUT2D eigenvalue weighted by molar-refractivity contribution is -0.141. The molecule has 0 unspecified atom stereocenters. The van der Waals surface area contributed by atoms with Gasteiger partial charge in [0.25, 0.3) is 0 Å². The van der Waals surface area contributed by atoms with Crippen LogP contribution >= 0.6 is 11.6 Å². The van der Waals surface area contributed by atoms with Crippen molar-refractivity contribution in [1.82, 2.24) is 4.98 Å². The Balaban J connectivity index is 1.93. The van der Waals surface area contributed by atoms with E-state index in [0.717, 1.165) is 26.4 Å². The van der Waals surface area contributed by atoms with Gasteiger partial charge in [0, 0.05) is 11.8 Å². The van der Waals surface area contributed by atoms with E-state index >= 15 is 0 Å². The third-order valence-corrected chi connectivity index (χ3v) is 4.58. The molecule has 1 aliphatic heterocycles. The molecule has 0 bridgehead atoms. The Morgan fingerprint density at radius 2 is 1.84 bits per heavy atom. The van der Waals surface area contributed by atoms with Crippen LogP contribution in [-0.4, -0.2) is 44.5 Å². The van der Waals surface area contributed by atoms with Gasteiger partial charge in [0.15, 0.2) is 0 Å². The minimum atomic E-state index is -4.63. The summed E-state index contributed by atoms with van der Waals surface area (Å²) in [5.41, 5.74) is -0.914. The summed E-state index contributed by atoms with van der Waals surface area (Å²) in [6, 6.07) is 7.45. The fourth-order valence-electron chi connectivity index (χ4n) is 2.83. The first-order chi connectivity index (χ1) is 15.2. The third-order valence-electron chi connectivity index (χ3n) is 4.29. The minimum absolute atomic E-state index is 0.0103. The first-order valence-electron chi connectivity index (χ1n) is 8.92. The summed E-state index contributed by atoms with van der Waals surface area (Å²) in [5, 5.41) is 0.0103. The summed E-state index contributed by atoms with van der Waals surface area (Å²) in [7, 11) is 2.32. The number of carbonyl (C=O) groups is 2. The Kier molecular flexibility index (Phi) is 6.90. The Bertz CT molecular complexity index is 1070.